The monoisotopic (exact) mass is 531 g/mol. The lowest BCUT2D eigenvalue weighted by atomic mass is 10.00. The Kier molecular flexibility index (Phi) is 7.57. The molecule has 0 atom stereocenters. The van der Waals surface area contributed by atoms with Crippen LogP contribution in [0.25, 0.3) is 10.4 Å². The third kappa shape index (κ3) is 5.89. The Morgan fingerprint density at radius 3 is 2.54 bits per heavy atom. The van der Waals surface area contributed by atoms with E-state index < -0.39 is 11.6 Å². The average Bonchev–Trinajstić information content (AvgIpc) is 3.28. The van der Waals surface area contributed by atoms with Crippen molar-refractivity contribution in [2.45, 2.75) is 59.7 Å². The van der Waals surface area contributed by atoms with Crippen LogP contribution in [0.15, 0.2) is 24.3 Å². The topological polar surface area (TPSA) is 79.5 Å². The molecule has 0 radical (unpaired) electrons. The molecule has 0 fully saturated rings. The third-order valence-corrected chi connectivity index (χ3v) is 8.48. The summed E-state index contributed by atoms with van der Waals surface area (Å²) in [4.78, 5) is 29.2. The van der Waals surface area contributed by atoms with Crippen LogP contribution in [-0.2, 0) is 24.2 Å². The van der Waals surface area contributed by atoms with E-state index in [2.05, 4.69) is 16.0 Å². The second-order valence-electron chi connectivity index (χ2n) is 9.54. The lowest BCUT2D eigenvalue weighted by Gasteiger charge is -2.20. The van der Waals surface area contributed by atoms with Crippen LogP contribution in [0.5, 0.6) is 0 Å². The second kappa shape index (κ2) is 10.3. The number of nitrogens with one attached hydrogen (secondary N) is 3. The van der Waals surface area contributed by atoms with Crippen LogP contribution in [0.1, 0.15) is 57.6 Å². The van der Waals surface area contributed by atoms with Gasteiger partial charge < -0.3 is 15.4 Å². The van der Waals surface area contributed by atoms with Gasteiger partial charge in [-0.15, -0.1) is 22.7 Å². The predicted molar refractivity (Wildman–Crippen MR) is 145 cm³/mol. The maximum Gasteiger partial charge on any atom is 0.341 e. The van der Waals surface area contributed by atoms with Gasteiger partial charge in [-0.2, -0.15) is 0 Å². The highest BCUT2D eigenvalue weighted by Crippen LogP contribution is 2.39. The molecule has 0 aliphatic carbocycles. The van der Waals surface area contributed by atoms with Gasteiger partial charge in [-0.25, -0.2) is 9.59 Å². The highest BCUT2D eigenvalue weighted by molar-refractivity contribution is 7.17. The molecule has 0 saturated carbocycles. The molecule has 35 heavy (non-hydrogen) atoms. The fraction of sp³-hybridized carbons (Fsp3) is 0.385. The largest absolute Gasteiger partial charge is 0.456 e. The van der Waals surface area contributed by atoms with Crippen molar-refractivity contribution in [1.29, 1.82) is 0 Å². The molecule has 0 unspecified atom stereocenters. The van der Waals surface area contributed by atoms with Crippen LogP contribution in [0, 0.1) is 13.8 Å². The van der Waals surface area contributed by atoms with Crippen molar-refractivity contribution in [3.8, 4) is 10.4 Å². The Bertz CT molecular complexity index is 1260. The molecule has 186 valence electrons. The number of halogens is 1. The molecule has 4 rings (SSSR count). The number of fused-ring (bicyclic) bond motifs is 1. The lowest BCUT2D eigenvalue weighted by Crippen LogP contribution is -2.30. The minimum absolute atomic E-state index is 0.355. The molecule has 0 bridgehead atoms. The van der Waals surface area contributed by atoms with Crippen LogP contribution in [0.3, 0.4) is 0 Å². The zero-order chi connectivity index (χ0) is 25.3. The summed E-state index contributed by atoms with van der Waals surface area (Å²) in [6.45, 7) is 11.4. The summed E-state index contributed by atoms with van der Waals surface area (Å²) in [5.74, 6) is -0.431. The number of benzene rings is 1. The van der Waals surface area contributed by atoms with E-state index in [0.717, 1.165) is 46.0 Å². The van der Waals surface area contributed by atoms with Crippen LogP contribution in [0.2, 0.25) is 5.02 Å². The maximum atomic E-state index is 13.0. The number of carbonyl (C=O) groups excluding carboxylic acids is 2. The number of urea groups is 1. The standard InChI is InChI=1S/C26H30ClN3O3S2/c1-14-15(2)34-23(21(14)24(31)33-26(3,4)5)30-25(32)29-12-19-18-10-11-28-13-20(18)35-22(19)16-6-8-17(27)9-7-16/h6-9,28H,10-13H2,1-5H3,(H2,29,30,32). The molecule has 2 aromatic heterocycles. The fourth-order valence-electron chi connectivity index (χ4n) is 4.03. The third-order valence-electron chi connectivity index (χ3n) is 5.79. The summed E-state index contributed by atoms with van der Waals surface area (Å²) in [6.07, 6.45) is 0.921. The minimum atomic E-state index is -0.621. The van der Waals surface area contributed by atoms with Crippen molar-refractivity contribution >= 4 is 51.3 Å². The summed E-state index contributed by atoms with van der Waals surface area (Å²) < 4.78 is 5.58. The van der Waals surface area contributed by atoms with Gasteiger partial charge in [0.05, 0.1) is 5.56 Å². The van der Waals surface area contributed by atoms with E-state index in [9.17, 15) is 9.59 Å². The molecule has 1 aromatic carbocycles. The second-order valence-corrected chi connectivity index (χ2v) is 12.3. The number of esters is 1. The number of carbonyl (C=O) groups is 2. The van der Waals surface area contributed by atoms with E-state index in [1.165, 1.54) is 21.8 Å². The number of thiophene rings is 2. The minimum Gasteiger partial charge on any atom is -0.456 e. The van der Waals surface area contributed by atoms with Gasteiger partial charge in [0, 0.05) is 32.7 Å². The van der Waals surface area contributed by atoms with E-state index in [1.54, 1.807) is 11.3 Å². The molecule has 3 aromatic rings. The fourth-order valence-corrected chi connectivity index (χ4v) is 6.54. The summed E-state index contributed by atoms with van der Waals surface area (Å²) in [5, 5.41) is 10.5. The van der Waals surface area contributed by atoms with Gasteiger partial charge in [0.15, 0.2) is 0 Å². The Morgan fingerprint density at radius 1 is 1.14 bits per heavy atom. The Hall–Kier alpha value is -2.39. The highest BCUT2D eigenvalue weighted by atomic mass is 35.5. The quantitative estimate of drug-likeness (QED) is 0.321. The predicted octanol–water partition coefficient (Wildman–Crippen LogP) is 6.67. The van der Waals surface area contributed by atoms with Crippen molar-refractivity contribution in [1.82, 2.24) is 10.6 Å². The molecule has 1 aliphatic rings. The van der Waals surface area contributed by atoms with Crippen LogP contribution >= 0.6 is 34.3 Å². The molecule has 6 nitrogen and oxygen atoms in total. The van der Waals surface area contributed by atoms with Gasteiger partial charge in [-0.3, -0.25) is 5.32 Å². The number of aryl methyl sites for hydroxylation is 1. The van der Waals surface area contributed by atoms with Gasteiger partial charge >= 0.3 is 12.0 Å². The summed E-state index contributed by atoms with van der Waals surface area (Å²) >= 11 is 9.24. The number of ether oxygens (including phenoxy) is 1. The van der Waals surface area contributed by atoms with Crippen LogP contribution in [-0.4, -0.2) is 24.1 Å². The summed E-state index contributed by atoms with van der Waals surface area (Å²) in [5.41, 5.74) is 4.14. The number of rotatable bonds is 5. The first-order chi connectivity index (χ1) is 16.5. The van der Waals surface area contributed by atoms with E-state index in [4.69, 9.17) is 16.3 Å². The van der Waals surface area contributed by atoms with E-state index in [-0.39, 0.29) is 6.03 Å². The first-order valence-corrected chi connectivity index (χ1v) is 13.5. The summed E-state index contributed by atoms with van der Waals surface area (Å²) in [7, 11) is 0. The van der Waals surface area contributed by atoms with Crippen LogP contribution in [0.4, 0.5) is 9.80 Å². The van der Waals surface area contributed by atoms with Crippen LogP contribution < -0.4 is 16.0 Å². The number of hydrogen-bond acceptors (Lipinski definition) is 6. The Labute approximate surface area is 219 Å². The van der Waals surface area contributed by atoms with Crippen molar-refractivity contribution in [3.63, 3.8) is 0 Å². The first-order valence-electron chi connectivity index (χ1n) is 11.5. The van der Waals surface area contributed by atoms with Crippen molar-refractivity contribution in [2.24, 2.45) is 0 Å². The number of amides is 2. The van der Waals surface area contributed by atoms with Gasteiger partial charge in [0.1, 0.15) is 10.6 Å². The van der Waals surface area contributed by atoms with Gasteiger partial charge in [0.25, 0.3) is 0 Å². The molecule has 2 amide bonds. The Morgan fingerprint density at radius 2 is 1.86 bits per heavy atom. The zero-order valence-electron chi connectivity index (χ0n) is 20.6. The summed E-state index contributed by atoms with van der Waals surface area (Å²) in [6, 6.07) is 7.45. The molecule has 0 spiro atoms. The lowest BCUT2D eigenvalue weighted by molar-refractivity contribution is 0.00704. The van der Waals surface area contributed by atoms with Gasteiger partial charge in [-0.05, 0) is 82.0 Å². The zero-order valence-corrected chi connectivity index (χ0v) is 22.9. The highest BCUT2D eigenvalue weighted by Gasteiger charge is 2.27. The molecular formula is C26H30ClN3O3S2. The van der Waals surface area contributed by atoms with Gasteiger partial charge in [-0.1, -0.05) is 23.7 Å². The van der Waals surface area contributed by atoms with Crippen molar-refractivity contribution in [3.05, 3.63) is 61.3 Å². The normalized spacial score (nSPS) is 13.3. The SMILES string of the molecule is Cc1sc(NC(=O)NCc2c(-c3ccc(Cl)cc3)sc3c2CCNC3)c(C(=O)OC(C)(C)C)c1C. The smallest absolute Gasteiger partial charge is 0.341 e. The Balaban J connectivity index is 1.54. The molecule has 1 aliphatic heterocycles. The van der Waals surface area contributed by atoms with E-state index in [1.807, 2.05) is 58.9 Å². The number of hydrogen-bond donors (Lipinski definition) is 3. The molecule has 3 heterocycles. The number of anilines is 1. The van der Waals surface area contributed by atoms with Crippen molar-refractivity contribution in [2.75, 3.05) is 11.9 Å². The van der Waals surface area contributed by atoms with E-state index in [0.29, 0.717) is 22.1 Å². The average molecular weight is 532 g/mol. The molecule has 3 N–H and O–H groups in total. The van der Waals surface area contributed by atoms with Gasteiger partial charge in [0.2, 0.25) is 0 Å². The first kappa shape index (κ1) is 25.7. The molecular weight excluding hydrogens is 502 g/mol. The van der Waals surface area contributed by atoms with E-state index >= 15 is 0 Å². The maximum absolute atomic E-state index is 13.0. The molecule has 9 heteroatoms. The molecule has 0 saturated heterocycles. The van der Waals surface area contributed by atoms with Crippen molar-refractivity contribution < 1.29 is 14.3 Å².